The summed E-state index contributed by atoms with van der Waals surface area (Å²) in [6.07, 6.45) is 14.9. The maximum absolute atomic E-state index is 12.0. The molecule has 1 amide bonds. The molecule has 1 aliphatic rings. The van der Waals surface area contributed by atoms with Crippen molar-refractivity contribution in [2.45, 2.75) is 84.0 Å². The van der Waals surface area contributed by atoms with Gasteiger partial charge in [-0.25, -0.2) is 4.79 Å². The molecule has 1 aliphatic heterocycles. The zero-order valence-electron chi connectivity index (χ0n) is 12.3. The molecule has 0 aliphatic carbocycles. The molecule has 1 heterocycles. The molecule has 2 nitrogen and oxygen atoms in total. The molecule has 0 unspecified atom stereocenters. The highest BCUT2D eigenvalue weighted by Gasteiger charge is 2.25. The number of unbranched alkanes of at least 4 members (excludes halogenated alkanes) is 6. The summed E-state index contributed by atoms with van der Waals surface area (Å²) in [6, 6.07) is 0. The fourth-order valence-electron chi connectivity index (χ4n) is 2.71. The van der Waals surface area contributed by atoms with E-state index in [1.807, 2.05) is 0 Å². The van der Waals surface area contributed by atoms with Crippen LogP contribution in [-0.4, -0.2) is 19.0 Å². The second kappa shape index (κ2) is 10.5. The first-order chi connectivity index (χ1) is 8.84. The van der Waals surface area contributed by atoms with Crippen molar-refractivity contribution in [1.82, 2.24) is 4.90 Å². The number of amides is 1. The third-order valence-electron chi connectivity index (χ3n) is 3.95. The Morgan fingerprint density at radius 1 is 0.833 bits per heavy atom. The van der Waals surface area contributed by atoms with E-state index in [-0.39, 0.29) is 0 Å². The lowest BCUT2D eigenvalue weighted by Gasteiger charge is -2.06. The highest BCUT2D eigenvalue weighted by atomic mass is 16.2. The lowest BCUT2D eigenvalue weighted by atomic mass is 10.1. The van der Waals surface area contributed by atoms with Gasteiger partial charge in [0, 0.05) is 12.8 Å². The monoisotopic (exact) mass is 253 g/mol. The fourth-order valence-corrected chi connectivity index (χ4v) is 2.71. The van der Waals surface area contributed by atoms with Gasteiger partial charge in [0.2, 0.25) is 0 Å². The minimum atomic E-state index is 0.408. The summed E-state index contributed by atoms with van der Waals surface area (Å²) in [5, 5.41) is 0. The molecule has 1 fully saturated rings. The molecule has 0 bridgehead atoms. The van der Waals surface area contributed by atoms with Crippen LogP contribution in [0.2, 0.25) is 0 Å². The maximum Gasteiger partial charge on any atom is 0.360 e. The van der Waals surface area contributed by atoms with Crippen molar-refractivity contribution < 1.29 is 4.79 Å². The number of carbonyl (C=O) groups is 1. The lowest BCUT2D eigenvalue weighted by Crippen LogP contribution is -2.37. The first-order valence-corrected chi connectivity index (χ1v) is 8.12. The number of carbonyl (C=O) groups excluding carboxylic acids is 1. The van der Waals surface area contributed by atoms with Crippen LogP contribution in [0.25, 0.3) is 0 Å². The zero-order chi connectivity index (χ0) is 13.1. The van der Waals surface area contributed by atoms with Crippen LogP contribution < -0.4 is 4.90 Å². The van der Waals surface area contributed by atoms with Crippen LogP contribution in [0.15, 0.2) is 0 Å². The summed E-state index contributed by atoms with van der Waals surface area (Å²) in [6.45, 7) is 4.27. The van der Waals surface area contributed by atoms with Crippen molar-refractivity contribution in [3.8, 4) is 0 Å². The van der Waals surface area contributed by atoms with E-state index in [0.717, 1.165) is 25.9 Å². The van der Waals surface area contributed by atoms with E-state index in [9.17, 15) is 4.79 Å². The molecule has 1 radical (unpaired) electrons. The summed E-state index contributed by atoms with van der Waals surface area (Å²) in [4.78, 5) is 14.1. The zero-order valence-corrected chi connectivity index (χ0v) is 12.3. The van der Waals surface area contributed by atoms with Crippen LogP contribution in [-0.2, 0) is 4.79 Å². The summed E-state index contributed by atoms with van der Waals surface area (Å²) in [7, 11) is 0. The number of hydrogen-bond acceptors (Lipinski definition) is 1. The van der Waals surface area contributed by atoms with Crippen LogP contribution in [0, 0.1) is 0 Å². The Bertz CT molecular complexity index is 207. The molecule has 0 aromatic rings. The molecular formula is C16H31NO+. The quantitative estimate of drug-likeness (QED) is 0.465. The van der Waals surface area contributed by atoms with Gasteiger partial charge in [0.15, 0.2) is 0 Å². The Labute approximate surface area is 113 Å². The standard InChI is InChI=1S/C16H31NO/c1-2-3-4-5-6-7-10-13-16(18)17-14-11-8-9-12-15-17/h2-15H2,1H3/q+1. The van der Waals surface area contributed by atoms with E-state index in [1.165, 1.54) is 64.2 Å². The number of rotatable bonds is 8. The van der Waals surface area contributed by atoms with Gasteiger partial charge >= 0.3 is 5.91 Å². The van der Waals surface area contributed by atoms with Gasteiger partial charge in [-0.2, -0.15) is 0 Å². The predicted octanol–water partition coefficient (Wildman–Crippen LogP) is 4.37. The van der Waals surface area contributed by atoms with Crippen LogP contribution in [0.5, 0.6) is 0 Å². The first kappa shape index (κ1) is 15.7. The van der Waals surface area contributed by atoms with Crippen molar-refractivity contribution in [2.24, 2.45) is 0 Å². The molecule has 0 N–H and O–H groups in total. The Kier molecular flexibility index (Phi) is 9.19. The van der Waals surface area contributed by atoms with Crippen molar-refractivity contribution in [3.63, 3.8) is 0 Å². The minimum absolute atomic E-state index is 0.408. The van der Waals surface area contributed by atoms with Crippen LogP contribution in [0.1, 0.15) is 84.0 Å². The largest absolute Gasteiger partial charge is 0.360 e. The van der Waals surface area contributed by atoms with Gasteiger partial charge in [0.05, 0.1) is 6.42 Å². The second-order valence-electron chi connectivity index (χ2n) is 5.67. The Balaban J connectivity index is 1.98. The Morgan fingerprint density at radius 2 is 1.39 bits per heavy atom. The van der Waals surface area contributed by atoms with Gasteiger partial charge in [0.25, 0.3) is 0 Å². The number of likely N-dealkylation sites (tertiary alicyclic amines) is 1. The molecule has 0 atom stereocenters. The second-order valence-corrected chi connectivity index (χ2v) is 5.67. The third-order valence-corrected chi connectivity index (χ3v) is 3.95. The van der Waals surface area contributed by atoms with Crippen molar-refractivity contribution >= 4 is 5.91 Å². The van der Waals surface area contributed by atoms with E-state index in [2.05, 4.69) is 11.8 Å². The van der Waals surface area contributed by atoms with Gasteiger partial charge in [-0.15, -0.1) is 4.90 Å². The minimum Gasteiger partial charge on any atom is -0.225 e. The Morgan fingerprint density at radius 3 is 2.00 bits per heavy atom. The van der Waals surface area contributed by atoms with Crippen molar-refractivity contribution in [3.05, 3.63) is 0 Å². The molecular weight excluding hydrogens is 222 g/mol. The van der Waals surface area contributed by atoms with E-state index in [4.69, 9.17) is 0 Å². The van der Waals surface area contributed by atoms with Gasteiger partial charge in [0.1, 0.15) is 13.1 Å². The van der Waals surface area contributed by atoms with Crippen molar-refractivity contribution in [1.29, 1.82) is 0 Å². The smallest absolute Gasteiger partial charge is 0.225 e. The third kappa shape index (κ3) is 7.15. The van der Waals surface area contributed by atoms with Gasteiger partial charge in [-0.3, -0.25) is 0 Å². The molecule has 0 spiro atoms. The topological polar surface area (TPSA) is 23.0 Å². The molecule has 18 heavy (non-hydrogen) atoms. The summed E-state index contributed by atoms with van der Waals surface area (Å²) in [5.41, 5.74) is 0. The summed E-state index contributed by atoms with van der Waals surface area (Å²) >= 11 is 0. The lowest BCUT2D eigenvalue weighted by molar-refractivity contribution is -0.125. The van der Waals surface area contributed by atoms with Crippen LogP contribution >= 0.6 is 0 Å². The van der Waals surface area contributed by atoms with E-state index in [1.54, 1.807) is 0 Å². The van der Waals surface area contributed by atoms with Gasteiger partial charge in [-0.1, -0.05) is 45.4 Å². The van der Waals surface area contributed by atoms with E-state index >= 15 is 0 Å². The molecule has 2 heteroatoms. The highest BCUT2D eigenvalue weighted by molar-refractivity contribution is 5.78. The predicted molar refractivity (Wildman–Crippen MR) is 78.0 cm³/mol. The average Bonchev–Trinajstić information content (AvgIpc) is 2.66. The van der Waals surface area contributed by atoms with Crippen LogP contribution in [0.3, 0.4) is 0 Å². The summed E-state index contributed by atoms with van der Waals surface area (Å²) < 4.78 is 0. The van der Waals surface area contributed by atoms with E-state index in [0.29, 0.717) is 5.91 Å². The van der Waals surface area contributed by atoms with Gasteiger partial charge < -0.3 is 0 Å². The number of nitrogens with zero attached hydrogens (tertiary/aromatic N) is 1. The molecule has 0 aromatic heterocycles. The Hall–Kier alpha value is -0.370. The molecule has 1 saturated heterocycles. The number of hydrogen-bond donors (Lipinski definition) is 0. The maximum atomic E-state index is 12.0. The van der Waals surface area contributed by atoms with Crippen molar-refractivity contribution in [2.75, 3.05) is 13.1 Å². The SMILES string of the molecule is CCCCCCCCCC(=O)[N+]1CCCCCC1. The molecule has 0 saturated carbocycles. The normalized spacial score (nSPS) is 17.6. The highest BCUT2D eigenvalue weighted by Crippen LogP contribution is 2.12. The van der Waals surface area contributed by atoms with E-state index < -0.39 is 0 Å². The first-order valence-electron chi connectivity index (χ1n) is 8.12. The fraction of sp³-hybridized carbons (Fsp3) is 0.938. The van der Waals surface area contributed by atoms with Gasteiger partial charge in [-0.05, 0) is 19.3 Å². The molecule has 0 aromatic carbocycles. The molecule has 105 valence electrons. The molecule has 1 rings (SSSR count). The van der Waals surface area contributed by atoms with Crippen LogP contribution in [0.4, 0.5) is 0 Å². The average molecular weight is 253 g/mol. The summed E-state index contributed by atoms with van der Waals surface area (Å²) in [5.74, 6) is 0.408.